The second-order valence-electron chi connectivity index (χ2n) is 3.95. The van der Waals surface area contributed by atoms with Crippen molar-refractivity contribution in [2.45, 2.75) is 13.5 Å². The first-order valence-electron chi connectivity index (χ1n) is 5.91. The van der Waals surface area contributed by atoms with E-state index in [2.05, 4.69) is 10.1 Å². The van der Waals surface area contributed by atoms with E-state index >= 15 is 0 Å². The summed E-state index contributed by atoms with van der Waals surface area (Å²) in [6.45, 7) is -0.685. The Bertz CT molecular complexity index is 575. The van der Waals surface area contributed by atoms with E-state index in [9.17, 15) is 13.6 Å². The van der Waals surface area contributed by atoms with E-state index in [-0.39, 0.29) is 17.4 Å². The van der Waals surface area contributed by atoms with Crippen LogP contribution in [-0.4, -0.2) is 29.1 Å². The minimum atomic E-state index is -2.92. The molecule has 1 aromatic carbocycles. The molecule has 2 rings (SSSR count). The molecule has 1 heterocycles. The predicted octanol–water partition coefficient (Wildman–Crippen LogP) is 2.37. The molecule has 1 N–H and O–H groups in total. The number of amides is 1. The number of hydrogen-bond acceptors (Lipinski definition) is 3. The smallest absolute Gasteiger partial charge is 0.387 e. The lowest BCUT2D eigenvalue weighted by atomic mass is 10.1. The third-order valence-electron chi connectivity index (χ3n) is 2.71. The number of ether oxygens (including phenoxy) is 1. The molecule has 0 spiro atoms. The van der Waals surface area contributed by atoms with E-state index in [1.165, 1.54) is 17.0 Å². The van der Waals surface area contributed by atoms with Crippen molar-refractivity contribution < 1.29 is 18.3 Å². The number of benzene rings is 1. The normalized spacial score (nSPS) is 17.0. The Morgan fingerprint density at radius 3 is 2.75 bits per heavy atom. The molecular weight excluding hydrogens is 286 g/mol. The van der Waals surface area contributed by atoms with Gasteiger partial charge in [-0.1, -0.05) is 18.2 Å². The minimum Gasteiger partial charge on any atom is -0.434 e. The van der Waals surface area contributed by atoms with Gasteiger partial charge >= 0.3 is 6.61 Å². The van der Waals surface area contributed by atoms with Crippen LogP contribution < -0.4 is 10.1 Å². The molecule has 7 heteroatoms. The lowest BCUT2D eigenvalue weighted by Gasteiger charge is -2.09. The van der Waals surface area contributed by atoms with Gasteiger partial charge in [-0.15, -0.1) is 0 Å². The Labute approximate surface area is 120 Å². The highest BCUT2D eigenvalue weighted by atomic mass is 32.1. The van der Waals surface area contributed by atoms with Gasteiger partial charge < -0.3 is 10.1 Å². The van der Waals surface area contributed by atoms with Crippen molar-refractivity contribution >= 4 is 29.3 Å². The number of carbonyl (C=O) groups excluding carboxylic acids is 1. The van der Waals surface area contributed by atoms with Crippen LogP contribution in [0.1, 0.15) is 12.5 Å². The molecule has 0 bridgehead atoms. The van der Waals surface area contributed by atoms with Crippen LogP contribution in [0.15, 0.2) is 30.0 Å². The summed E-state index contributed by atoms with van der Waals surface area (Å²) in [6, 6.07) is 6.23. The second-order valence-corrected chi connectivity index (χ2v) is 4.34. The van der Waals surface area contributed by atoms with E-state index in [4.69, 9.17) is 12.2 Å². The van der Waals surface area contributed by atoms with E-state index < -0.39 is 6.61 Å². The van der Waals surface area contributed by atoms with Crippen LogP contribution in [0.5, 0.6) is 5.75 Å². The van der Waals surface area contributed by atoms with Crippen LogP contribution >= 0.6 is 12.2 Å². The molecule has 1 saturated heterocycles. The molecule has 106 valence electrons. The van der Waals surface area contributed by atoms with Gasteiger partial charge in [0.1, 0.15) is 11.4 Å². The minimum absolute atomic E-state index is 0.00506. The molecule has 1 fully saturated rings. The first-order valence-corrected chi connectivity index (χ1v) is 6.32. The maximum absolute atomic E-state index is 12.3. The SMILES string of the molecule is CCN1C(=O)C(=Cc2ccccc2OC(F)F)NC1=S. The number of nitrogens with zero attached hydrogens (tertiary/aromatic N) is 1. The fourth-order valence-corrected chi connectivity index (χ4v) is 2.14. The molecule has 0 unspecified atom stereocenters. The Morgan fingerprint density at radius 1 is 1.45 bits per heavy atom. The van der Waals surface area contributed by atoms with Crippen molar-refractivity contribution in [1.29, 1.82) is 0 Å². The van der Waals surface area contributed by atoms with Gasteiger partial charge in [0.05, 0.1) is 0 Å². The molecule has 0 aliphatic carbocycles. The molecule has 20 heavy (non-hydrogen) atoms. The van der Waals surface area contributed by atoms with Gasteiger partial charge in [0.2, 0.25) is 0 Å². The van der Waals surface area contributed by atoms with Crippen molar-refractivity contribution in [2.75, 3.05) is 6.54 Å². The lowest BCUT2D eigenvalue weighted by molar-refractivity contribution is -0.122. The molecule has 0 saturated carbocycles. The van der Waals surface area contributed by atoms with Crippen LogP contribution in [0.25, 0.3) is 6.08 Å². The number of likely N-dealkylation sites (N-methyl/N-ethyl adjacent to an activating group) is 1. The highest BCUT2D eigenvalue weighted by Gasteiger charge is 2.29. The fraction of sp³-hybridized carbons (Fsp3) is 0.231. The van der Waals surface area contributed by atoms with Crippen molar-refractivity contribution in [2.24, 2.45) is 0 Å². The lowest BCUT2D eigenvalue weighted by Crippen LogP contribution is -2.30. The number of para-hydroxylation sites is 1. The summed E-state index contributed by atoms with van der Waals surface area (Å²) in [6.07, 6.45) is 1.45. The average molecular weight is 298 g/mol. The van der Waals surface area contributed by atoms with Crippen LogP contribution in [-0.2, 0) is 4.79 Å². The van der Waals surface area contributed by atoms with Crippen LogP contribution in [0, 0.1) is 0 Å². The van der Waals surface area contributed by atoms with Crippen molar-refractivity contribution in [3.05, 3.63) is 35.5 Å². The van der Waals surface area contributed by atoms with Gasteiger partial charge in [0.15, 0.2) is 5.11 Å². The first kappa shape index (κ1) is 14.4. The highest BCUT2D eigenvalue weighted by Crippen LogP contribution is 2.24. The standard InChI is InChI=1S/C13H12F2N2O2S/c1-2-17-11(18)9(16-13(17)20)7-8-5-3-4-6-10(8)19-12(14)15/h3-7,12H,2H2,1H3,(H,16,20). The third kappa shape index (κ3) is 2.93. The summed E-state index contributed by atoms with van der Waals surface area (Å²) in [4.78, 5) is 13.4. The van der Waals surface area contributed by atoms with Gasteiger partial charge in [0.25, 0.3) is 5.91 Å². The van der Waals surface area contributed by atoms with Gasteiger partial charge in [-0.25, -0.2) is 0 Å². The number of hydrogen-bond donors (Lipinski definition) is 1. The van der Waals surface area contributed by atoms with Crippen LogP contribution in [0.4, 0.5) is 8.78 Å². The number of nitrogens with one attached hydrogen (secondary N) is 1. The molecule has 4 nitrogen and oxygen atoms in total. The Morgan fingerprint density at radius 2 is 2.15 bits per heavy atom. The number of carbonyl (C=O) groups is 1. The van der Waals surface area contributed by atoms with E-state index in [0.717, 1.165) is 0 Å². The molecule has 1 aromatic rings. The summed E-state index contributed by atoms with van der Waals surface area (Å²) in [5.41, 5.74) is 0.617. The molecule has 0 atom stereocenters. The third-order valence-corrected chi connectivity index (χ3v) is 3.04. The summed E-state index contributed by atoms with van der Waals surface area (Å²) in [5.74, 6) is -0.283. The summed E-state index contributed by atoms with van der Waals surface area (Å²) >= 11 is 5.01. The van der Waals surface area contributed by atoms with Gasteiger partial charge in [-0.3, -0.25) is 9.69 Å². The van der Waals surface area contributed by atoms with Crippen molar-refractivity contribution in [3.63, 3.8) is 0 Å². The second kappa shape index (κ2) is 5.96. The zero-order chi connectivity index (χ0) is 14.7. The topological polar surface area (TPSA) is 41.6 Å². The summed E-state index contributed by atoms with van der Waals surface area (Å²) < 4.78 is 29.0. The Hall–Kier alpha value is -2.02. The number of halogens is 2. The number of alkyl halides is 2. The Kier molecular flexibility index (Phi) is 4.29. The predicted molar refractivity (Wildman–Crippen MR) is 74.2 cm³/mol. The molecule has 1 aliphatic rings. The highest BCUT2D eigenvalue weighted by molar-refractivity contribution is 7.80. The van der Waals surface area contributed by atoms with Crippen molar-refractivity contribution in [3.8, 4) is 5.75 Å². The quantitative estimate of drug-likeness (QED) is 0.684. The largest absolute Gasteiger partial charge is 0.434 e. The maximum atomic E-state index is 12.3. The van der Waals surface area contributed by atoms with Gasteiger partial charge in [-0.2, -0.15) is 8.78 Å². The number of rotatable bonds is 4. The molecule has 1 aliphatic heterocycles. The summed E-state index contributed by atoms with van der Waals surface area (Å²) in [7, 11) is 0. The molecular formula is C13H12F2N2O2S. The number of thiocarbonyl (C=S) groups is 1. The molecule has 0 radical (unpaired) electrons. The van der Waals surface area contributed by atoms with E-state index in [1.807, 2.05) is 0 Å². The molecule has 0 aromatic heterocycles. The Balaban J connectivity index is 2.32. The monoisotopic (exact) mass is 298 g/mol. The zero-order valence-electron chi connectivity index (χ0n) is 10.6. The van der Waals surface area contributed by atoms with Crippen LogP contribution in [0.3, 0.4) is 0 Å². The fourth-order valence-electron chi connectivity index (χ4n) is 1.82. The molecule has 1 amide bonds. The maximum Gasteiger partial charge on any atom is 0.387 e. The van der Waals surface area contributed by atoms with Crippen molar-refractivity contribution in [1.82, 2.24) is 10.2 Å². The van der Waals surface area contributed by atoms with Gasteiger partial charge in [0, 0.05) is 12.1 Å². The summed E-state index contributed by atoms with van der Waals surface area (Å²) in [5, 5.41) is 3.06. The van der Waals surface area contributed by atoms with E-state index in [0.29, 0.717) is 17.2 Å². The zero-order valence-corrected chi connectivity index (χ0v) is 11.4. The average Bonchev–Trinajstić information content (AvgIpc) is 2.66. The van der Waals surface area contributed by atoms with E-state index in [1.54, 1.807) is 25.1 Å². The van der Waals surface area contributed by atoms with Crippen LogP contribution in [0.2, 0.25) is 0 Å². The first-order chi connectivity index (χ1) is 9.52. The van der Waals surface area contributed by atoms with Gasteiger partial charge in [-0.05, 0) is 31.3 Å².